The second-order valence-electron chi connectivity index (χ2n) is 6.54. The molecule has 2 N–H and O–H groups in total. The van der Waals surface area contributed by atoms with E-state index in [2.05, 4.69) is 5.32 Å². The minimum absolute atomic E-state index is 0.0127. The third-order valence-corrected chi connectivity index (χ3v) is 4.89. The number of carboxylic acids is 1. The highest BCUT2D eigenvalue weighted by atomic mass is 16.5. The summed E-state index contributed by atoms with van der Waals surface area (Å²) in [4.78, 5) is 23.3. The van der Waals surface area contributed by atoms with Gasteiger partial charge in [0.1, 0.15) is 12.0 Å². The van der Waals surface area contributed by atoms with Crippen LogP contribution in [0, 0.1) is 0 Å². The van der Waals surface area contributed by atoms with Crippen molar-refractivity contribution in [3.05, 3.63) is 53.5 Å². The number of hydrogen-bond acceptors (Lipinski definition) is 5. The highest BCUT2D eigenvalue weighted by molar-refractivity contribution is 5.95. The average Bonchev–Trinajstić information content (AvgIpc) is 3.18. The first-order valence-corrected chi connectivity index (χ1v) is 8.95. The molecule has 7 heteroatoms. The van der Waals surface area contributed by atoms with Crippen molar-refractivity contribution in [3.63, 3.8) is 0 Å². The van der Waals surface area contributed by atoms with Gasteiger partial charge in [0.05, 0.1) is 12.2 Å². The van der Waals surface area contributed by atoms with E-state index in [9.17, 15) is 9.59 Å². The summed E-state index contributed by atoms with van der Waals surface area (Å²) in [7, 11) is 0. The Bertz CT molecular complexity index is 789. The zero-order valence-electron chi connectivity index (χ0n) is 15.2. The van der Waals surface area contributed by atoms with Crippen LogP contribution in [0.3, 0.4) is 0 Å². The topological polar surface area (TPSA) is 98.0 Å². The summed E-state index contributed by atoms with van der Waals surface area (Å²) in [6.45, 7) is 4.19. The summed E-state index contributed by atoms with van der Waals surface area (Å²) < 4.78 is 16.1. The molecule has 0 unspecified atom stereocenters. The Hall–Kier alpha value is -2.80. The van der Waals surface area contributed by atoms with Gasteiger partial charge in [-0.3, -0.25) is 4.79 Å². The second-order valence-corrected chi connectivity index (χ2v) is 6.54. The van der Waals surface area contributed by atoms with E-state index in [4.69, 9.17) is 19.0 Å². The SMILES string of the molecule is CCOc1ccc(C2(CNC(=O)c3cc(C(=O)O)co3)CCOCC2)cc1. The summed E-state index contributed by atoms with van der Waals surface area (Å²) in [5.41, 5.74) is 0.814. The van der Waals surface area contributed by atoms with Crippen LogP contribution in [-0.4, -0.2) is 43.3 Å². The molecule has 1 aliphatic heterocycles. The molecule has 0 atom stereocenters. The lowest BCUT2D eigenvalue weighted by atomic mass is 9.74. The monoisotopic (exact) mass is 373 g/mol. The van der Waals surface area contributed by atoms with Crippen molar-refractivity contribution in [2.24, 2.45) is 0 Å². The molecule has 27 heavy (non-hydrogen) atoms. The fourth-order valence-corrected chi connectivity index (χ4v) is 3.31. The van der Waals surface area contributed by atoms with Crippen LogP contribution in [0.4, 0.5) is 0 Å². The standard InChI is InChI=1S/C20H23NO6/c1-2-26-16-5-3-15(4-6-16)20(7-9-25-10-8-20)13-21-18(22)17-11-14(12-27-17)19(23)24/h3-6,11-12H,2,7-10,13H2,1H3,(H,21,22)(H,23,24). The van der Waals surface area contributed by atoms with Crippen LogP contribution in [0.2, 0.25) is 0 Å². The predicted octanol–water partition coefficient (Wildman–Crippen LogP) is 2.85. The summed E-state index contributed by atoms with van der Waals surface area (Å²) in [6.07, 6.45) is 2.62. The molecule has 1 amide bonds. The molecular formula is C20H23NO6. The van der Waals surface area contributed by atoms with Gasteiger partial charge < -0.3 is 24.3 Å². The van der Waals surface area contributed by atoms with Gasteiger partial charge in [0.15, 0.2) is 5.76 Å². The van der Waals surface area contributed by atoms with Gasteiger partial charge in [-0.25, -0.2) is 4.79 Å². The third kappa shape index (κ3) is 4.31. The lowest BCUT2D eigenvalue weighted by molar-refractivity contribution is 0.0484. The molecular weight excluding hydrogens is 350 g/mol. The van der Waals surface area contributed by atoms with E-state index >= 15 is 0 Å². The van der Waals surface area contributed by atoms with Crippen molar-refractivity contribution >= 4 is 11.9 Å². The van der Waals surface area contributed by atoms with E-state index in [1.165, 1.54) is 6.07 Å². The summed E-state index contributed by atoms with van der Waals surface area (Å²) in [6, 6.07) is 9.15. The number of rotatable bonds is 7. The van der Waals surface area contributed by atoms with Gasteiger partial charge in [0.25, 0.3) is 5.91 Å². The van der Waals surface area contributed by atoms with Crippen LogP contribution in [0.25, 0.3) is 0 Å². The van der Waals surface area contributed by atoms with Crippen LogP contribution < -0.4 is 10.1 Å². The maximum Gasteiger partial charge on any atom is 0.338 e. The Morgan fingerprint density at radius 2 is 1.93 bits per heavy atom. The number of nitrogens with one attached hydrogen (secondary N) is 1. The van der Waals surface area contributed by atoms with Gasteiger partial charge in [-0.2, -0.15) is 0 Å². The van der Waals surface area contributed by atoms with Gasteiger partial charge in [-0.05, 0) is 37.5 Å². The number of furan rings is 1. The first kappa shape index (κ1) is 19.0. The molecule has 2 aromatic rings. The average molecular weight is 373 g/mol. The molecule has 1 saturated heterocycles. The molecule has 3 rings (SSSR count). The molecule has 0 bridgehead atoms. The number of carboxylic acid groups (broad SMARTS) is 1. The van der Waals surface area contributed by atoms with E-state index in [1.54, 1.807) is 0 Å². The Morgan fingerprint density at radius 1 is 1.22 bits per heavy atom. The van der Waals surface area contributed by atoms with Gasteiger partial charge in [-0.1, -0.05) is 12.1 Å². The number of ether oxygens (including phenoxy) is 2. The highest BCUT2D eigenvalue weighted by Gasteiger charge is 2.35. The fourth-order valence-electron chi connectivity index (χ4n) is 3.31. The summed E-state index contributed by atoms with van der Waals surface area (Å²) >= 11 is 0. The highest BCUT2D eigenvalue weighted by Crippen LogP contribution is 2.35. The normalized spacial score (nSPS) is 15.9. The number of carbonyl (C=O) groups excluding carboxylic acids is 1. The molecule has 1 fully saturated rings. The number of benzene rings is 1. The van der Waals surface area contributed by atoms with E-state index in [0.717, 1.165) is 30.4 Å². The van der Waals surface area contributed by atoms with Crippen molar-refractivity contribution in [2.75, 3.05) is 26.4 Å². The van der Waals surface area contributed by atoms with E-state index in [-0.39, 0.29) is 16.7 Å². The summed E-state index contributed by atoms with van der Waals surface area (Å²) in [5, 5.41) is 11.8. The summed E-state index contributed by atoms with van der Waals surface area (Å²) in [5.74, 6) is -0.766. The molecule has 0 spiro atoms. The maximum atomic E-state index is 12.4. The first-order chi connectivity index (χ1) is 13.0. The molecule has 0 saturated carbocycles. The van der Waals surface area contributed by atoms with Crippen LogP contribution in [0.15, 0.2) is 41.0 Å². The lowest BCUT2D eigenvalue weighted by Gasteiger charge is -2.38. The second kappa shape index (κ2) is 8.26. The Kier molecular flexibility index (Phi) is 5.81. The minimum Gasteiger partial charge on any atom is -0.494 e. The van der Waals surface area contributed by atoms with Crippen molar-refractivity contribution in [2.45, 2.75) is 25.2 Å². The Labute approximate surface area is 157 Å². The maximum absolute atomic E-state index is 12.4. The molecule has 1 aromatic carbocycles. The zero-order valence-corrected chi connectivity index (χ0v) is 15.2. The lowest BCUT2D eigenvalue weighted by Crippen LogP contribution is -2.44. The minimum atomic E-state index is -1.13. The number of amides is 1. The van der Waals surface area contributed by atoms with Crippen molar-refractivity contribution in [1.29, 1.82) is 0 Å². The van der Waals surface area contributed by atoms with E-state index in [1.807, 2.05) is 31.2 Å². The van der Waals surface area contributed by atoms with Gasteiger partial charge in [0.2, 0.25) is 0 Å². The Balaban J connectivity index is 1.74. The Morgan fingerprint density at radius 3 is 2.52 bits per heavy atom. The molecule has 7 nitrogen and oxygen atoms in total. The third-order valence-electron chi connectivity index (χ3n) is 4.89. The number of aromatic carboxylic acids is 1. The van der Waals surface area contributed by atoms with Gasteiger partial charge in [0, 0.05) is 31.2 Å². The largest absolute Gasteiger partial charge is 0.494 e. The van der Waals surface area contributed by atoms with Gasteiger partial charge >= 0.3 is 5.97 Å². The quantitative estimate of drug-likeness (QED) is 0.774. The molecule has 0 radical (unpaired) electrons. The van der Waals surface area contributed by atoms with Crippen LogP contribution in [0.1, 0.15) is 46.2 Å². The zero-order chi connectivity index (χ0) is 19.3. The molecule has 1 aliphatic rings. The smallest absolute Gasteiger partial charge is 0.338 e. The fraction of sp³-hybridized carbons (Fsp3) is 0.400. The number of hydrogen-bond donors (Lipinski definition) is 2. The van der Waals surface area contributed by atoms with E-state index < -0.39 is 11.9 Å². The number of carbonyl (C=O) groups is 2. The van der Waals surface area contributed by atoms with Crippen molar-refractivity contribution in [1.82, 2.24) is 5.32 Å². The molecule has 2 heterocycles. The van der Waals surface area contributed by atoms with Crippen molar-refractivity contribution in [3.8, 4) is 5.75 Å². The van der Waals surface area contributed by atoms with Crippen LogP contribution in [-0.2, 0) is 10.2 Å². The van der Waals surface area contributed by atoms with Crippen LogP contribution >= 0.6 is 0 Å². The van der Waals surface area contributed by atoms with Crippen molar-refractivity contribution < 1.29 is 28.6 Å². The van der Waals surface area contributed by atoms with E-state index in [0.29, 0.717) is 26.4 Å². The predicted molar refractivity (Wildman–Crippen MR) is 97.3 cm³/mol. The first-order valence-electron chi connectivity index (χ1n) is 8.95. The molecule has 0 aliphatic carbocycles. The molecule has 144 valence electrons. The van der Waals surface area contributed by atoms with Crippen LogP contribution in [0.5, 0.6) is 5.75 Å². The van der Waals surface area contributed by atoms with Gasteiger partial charge in [-0.15, -0.1) is 0 Å². The molecule has 1 aromatic heterocycles.